The second-order valence-corrected chi connectivity index (χ2v) is 8.55. The van der Waals surface area contributed by atoms with Crippen LogP contribution in [0.3, 0.4) is 0 Å². The van der Waals surface area contributed by atoms with Crippen molar-refractivity contribution in [2.24, 2.45) is 5.41 Å². The summed E-state index contributed by atoms with van der Waals surface area (Å²) in [6.07, 6.45) is 7.87. The van der Waals surface area contributed by atoms with Gasteiger partial charge in [0.05, 0.1) is 25.0 Å². The highest BCUT2D eigenvalue weighted by Gasteiger charge is 2.47. The molecule has 0 radical (unpaired) electrons. The van der Waals surface area contributed by atoms with Gasteiger partial charge >= 0.3 is 0 Å². The van der Waals surface area contributed by atoms with Gasteiger partial charge in [0.1, 0.15) is 0 Å². The van der Waals surface area contributed by atoms with E-state index in [1.807, 2.05) is 9.80 Å². The first-order valence-electron chi connectivity index (χ1n) is 10.5. The van der Waals surface area contributed by atoms with Crippen LogP contribution in [0.1, 0.15) is 38.5 Å². The molecule has 3 fully saturated rings. The standard InChI is InChI=1S/C20H30FN5O2/c21-16-11-22-19(23-12-16)26-10-5-17(27)20(15-26)6-4-9-25(14-20)18(28)13-24-7-2-1-3-8-24/h11-12,17,27H,1-10,13-15H2/t17-,20+/m1/s1. The maximum absolute atomic E-state index is 13.2. The predicted octanol–water partition coefficient (Wildman–Crippen LogP) is 1.28. The molecule has 0 saturated carbocycles. The minimum absolute atomic E-state index is 0.170. The van der Waals surface area contributed by atoms with Crippen molar-refractivity contribution < 1.29 is 14.3 Å². The highest BCUT2D eigenvalue weighted by molar-refractivity contribution is 5.78. The molecule has 4 rings (SSSR count). The van der Waals surface area contributed by atoms with Crippen molar-refractivity contribution in [1.82, 2.24) is 19.8 Å². The van der Waals surface area contributed by atoms with Gasteiger partial charge in [-0.15, -0.1) is 0 Å². The van der Waals surface area contributed by atoms with Crippen LogP contribution in [0.5, 0.6) is 0 Å². The van der Waals surface area contributed by atoms with Gasteiger partial charge in [-0.25, -0.2) is 14.4 Å². The Bertz CT molecular complexity index is 682. The van der Waals surface area contributed by atoms with Crippen molar-refractivity contribution in [2.75, 3.05) is 50.7 Å². The Balaban J connectivity index is 1.44. The summed E-state index contributed by atoms with van der Waals surface area (Å²) in [7, 11) is 0. The Morgan fingerprint density at radius 1 is 1.11 bits per heavy atom. The summed E-state index contributed by atoms with van der Waals surface area (Å²) in [6.45, 7) is 5.04. The second kappa shape index (κ2) is 8.29. The number of amides is 1. The van der Waals surface area contributed by atoms with Crippen molar-refractivity contribution >= 4 is 11.9 Å². The van der Waals surface area contributed by atoms with E-state index >= 15 is 0 Å². The van der Waals surface area contributed by atoms with Crippen LogP contribution in [0.2, 0.25) is 0 Å². The van der Waals surface area contributed by atoms with Crippen LogP contribution in [-0.4, -0.2) is 82.7 Å². The third-order valence-corrected chi connectivity index (χ3v) is 6.54. The summed E-state index contributed by atoms with van der Waals surface area (Å²) >= 11 is 0. The SMILES string of the molecule is O=C(CN1CCCCC1)N1CCC[C@]2(C1)CN(c1ncc(F)cn1)CC[C@H]2O. The average Bonchev–Trinajstić information content (AvgIpc) is 2.72. The first-order chi connectivity index (χ1) is 13.6. The number of aliphatic hydroxyl groups is 1. The average molecular weight is 391 g/mol. The molecule has 3 aliphatic rings. The molecule has 1 spiro atoms. The summed E-state index contributed by atoms with van der Waals surface area (Å²) < 4.78 is 13.2. The van der Waals surface area contributed by atoms with Gasteiger partial charge in [-0.2, -0.15) is 0 Å². The molecular formula is C20H30FN5O2. The number of anilines is 1. The largest absolute Gasteiger partial charge is 0.392 e. The van der Waals surface area contributed by atoms with E-state index in [0.29, 0.717) is 38.5 Å². The van der Waals surface area contributed by atoms with Crippen molar-refractivity contribution in [3.05, 3.63) is 18.2 Å². The lowest BCUT2D eigenvalue weighted by molar-refractivity contribution is -0.139. The zero-order valence-electron chi connectivity index (χ0n) is 16.4. The van der Waals surface area contributed by atoms with Gasteiger partial charge in [0.15, 0.2) is 5.82 Å². The van der Waals surface area contributed by atoms with E-state index in [4.69, 9.17) is 0 Å². The maximum Gasteiger partial charge on any atom is 0.236 e. The minimum atomic E-state index is -0.456. The Hall–Kier alpha value is -1.80. The smallest absolute Gasteiger partial charge is 0.236 e. The van der Waals surface area contributed by atoms with Crippen LogP contribution in [0, 0.1) is 11.2 Å². The molecule has 1 aromatic rings. The summed E-state index contributed by atoms with van der Waals surface area (Å²) in [5.74, 6) is 0.204. The fraction of sp³-hybridized carbons (Fsp3) is 0.750. The van der Waals surface area contributed by atoms with Crippen LogP contribution in [0.15, 0.2) is 12.4 Å². The molecule has 3 aliphatic heterocycles. The van der Waals surface area contributed by atoms with Crippen molar-refractivity contribution in [2.45, 2.75) is 44.6 Å². The number of hydrogen-bond donors (Lipinski definition) is 1. The summed E-state index contributed by atoms with van der Waals surface area (Å²) in [4.78, 5) is 27.3. The summed E-state index contributed by atoms with van der Waals surface area (Å²) in [5, 5.41) is 10.8. The fourth-order valence-electron chi connectivity index (χ4n) is 4.97. The number of aromatic nitrogens is 2. The molecule has 0 aromatic carbocycles. The molecule has 4 heterocycles. The van der Waals surface area contributed by atoms with Gasteiger partial charge in [0.25, 0.3) is 0 Å². The lowest BCUT2D eigenvalue weighted by Crippen LogP contribution is -2.60. The molecule has 1 N–H and O–H groups in total. The predicted molar refractivity (Wildman–Crippen MR) is 103 cm³/mol. The molecule has 7 nitrogen and oxygen atoms in total. The first kappa shape index (κ1) is 19.5. The van der Waals surface area contributed by atoms with Crippen LogP contribution in [-0.2, 0) is 4.79 Å². The number of rotatable bonds is 3. The Morgan fingerprint density at radius 3 is 2.61 bits per heavy atom. The normalized spacial score (nSPS) is 29.3. The molecule has 8 heteroatoms. The Labute approximate surface area is 165 Å². The van der Waals surface area contributed by atoms with E-state index in [1.54, 1.807) is 0 Å². The lowest BCUT2D eigenvalue weighted by Gasteiger charge is -2.51. The zero-order chi connectivity index (χ0) is 19.6. The molecule has 154 valence electrons. The van der Waals surface area contributed by atoms with Gasteiger partial charge in [0.2, 0.25) is 11.9 Å². The Kier molecular flexibility index (Phi) is 5.78. The Morgan fingerprint density at radius 2 is 1.86 bits per heavy atom. The number of nitrogens with zero attached hydrogens (tertiary/aromatic N) is 5. The molecule has 0 bridgehead atoms. The van der Waals surface area contributed by atoms with Crippen LogP contribution >= 0.6 is 0 Å². The number of likely N-dealkylation sites (tertiary alicyclic amines) is 2. The molecular weight excluding hydrogens is 361 g/mol. The van der Waals surface area contributed by atoms with E-state index in [2.05, 4.69) is 14.9 Å². The number of halogens is 1. The van der Waals surface area contributed by atoms with Gasteiger partial charge in [-0.3, -0.25) is 9.69 Å². The number of aliphatic hydroxyl groups excluding tert-OH is 1. The van der Waals surface area contributed by atoms with E-state index in [0.717, 1.165) is 32.5 Å². The van der Waals surface area contributed by atoms with Gasteiger partial charge in [0, 0.05) is 31.6 Å². The zero-order valence-corrected chi connectivity index (χ0v) is 16.4. The third kappa shape index (κ3) is 4.12. The highest BCUT2D eigenvalue weighted by atomic mass is 19.1. The highest BCUT2D eigenvalue weighted by Crippen LogP contribution is 2.39. The van der Waals surface area contributed by atoms with E-state index in [1.165, 1.54) is 31.7 Å². The fourth-order valence-corrected chi connectivity index (χ4v) is 4.97. The molecule has 2 atom stereocenters. The van der Waals surface area contributed by atoms with Crippen LogP contribution < -0.4 is 4.90 Å². The molecule has 0 aliphatic carbocycles. The summed E-state index contributed by atoms with van der Waals surface area (Å²) in [6, 6.07) is 0. The van der Waals surface area contributed by atoms with Crippen molar-refractivity contribution in [3.63, 3.8) is 0 Å². The second-order valence-electron chi connectivity index (χ2n) is 8.55. The summed E-state index contributed by atoms with van der Waals surface area (Å²) in [5.41, 5.74) is -0.369. The minimum Gasteiger partial charge on any atom is -0.392 e. The van der Waals surface area contributed by atoms with Crippen LogP contribution in [0.25, 0.3) is 0 Å². The number of piperidine rings is 3. The van der Waals surface area contributed by atoms with Crippen molar-refractivity contribution in [3.8, 4) is 0 Å². The van der Waals surface area contributed by atoms with Crippen molar-refractivity contribution in [1.29, 1.82) is 0 Å². The number of carbonyl (C=O) groups excluding carboxylic acids is 1. The van der Waals surface area contributed by atoms with E-state index in [-0.39, 0.29) is 11.3 Å². The lowest BCUT2D eigenvalue weighted by atomic mass is 9.71. The van der Waals surface area contributed by atoms with Gasteiger partial charge < -0.3 is 14.9 Å². The third-order valence-electron chi connectivity index (χ3n) is 6.54. The first-order valence-corrected chi connectivity index (χ1v) is 10.5. The number of carbonyl (C=O) groups is 1. The van der Waals surface area contributed by atoms with E-state index in [9.17, 15) is 14.3 Å². The van der Waals surface area contributed by atoms with E-state index < -0.39 is 11.9 Å². The van der Waals surface area contributed by atoms with Gasteiger partial charge in [-0.1, -0.05) is 6.42 Å². The topological polar surface area (TPSA) is 72.8 Å². The molecule has 1 aromatic heterocycles. The van der Waals surface area contributed by atoms with Crippen LogP contribution in [0.4, 0.5) is 10.3 Å². The monoisotopic (exact) mass is 391 g/mol. The molecule has 0 unspecified atom stereocenters. The van der Waals surface area contributed by atoms with Gasteiger partial charge in [-0.05, 0) is 45.2 Å². The quantitative estimate of drug-likeness (QED) is 0.837. The number of hydrogen-bond acceptors (Lipinski definition) is 6. The molecule has 1 amide bonds. The molecule has 28 heavy (non-hydrogen) atoms. The maximum atomic E-state index is 13.2. The molecule has 3 saturated heterocycles.